The lowest BCUT2D eigenvalue weighted by atomic mass is 10.2. The number of likely N-dealkylation sites (N-methyl/N-ethyl adjacent to an activating group) is 1. The number of carbonyl (C=O) groups excluding carboxylic acids is 1. The Labute approximate surface area is 213 Å². The van der Waals surface area contributed by atoms with E-state index < -0.39 is 0 Å². The van der Waals surface area contributed by atoms with Crippen molar-refractivity contribution in [2.75, 3.05) is 31.6 Å². The van der Waals surface area contributed by atoms with E-state index in [1.807, 2.05) is 11.4 Å². The lowest BCUT2D eigenvalue weighted by Gasteiger charge is -2.17. The van der Waals surface area contributed by atoms with E-state index in [2.05, 4.69) is 35.1 Å². The van der Waals surface area contributed by atoms with Gasteiger partial charge in [0.15, 0.2) is 0 Å². The van der Waals surface area contributed by atoms with Gasteiger partial charge in [0.05, 0.1) is 21.3 Å². The highest BCUT2D eigenvalue weighted by atomic mass is 35.5. The van der Waals surface area contributed by atoms with Gasteiger partial charge in [0.25, 0.3) is 0 Å². The molecule has 0 atom stereocenters. The number of thiazole rings is 1. The standard InChI is InChI=1S/C25H24Cl2N4O2S/c1-3-31(4-2)11-12-33-25(32)17-5-8-20(9-6-17)29-15-19(14-28)24-30-23(16-34-24)18-7-10-21(26)22(27)13-18/h5-10,13,15-16,29H,3-4,11-12H2,1-2H3. The van der Waals surface area contributed by atoms with Gasteiger partial charge >= 0.3 is 5.97 Å². The SMILES string of the molecule is CCN(CC)CCOC(=O)c1ccc(NC=C(C#N)c2nc(-c3ccc(Cl)c(Cl)c3)cs2)cc1. The number of esters is 1. The van der Waals surface area contributed by atoms with Crippen LogP contribution in [0, 0.1) is 11.3 Å². The summed E-state index contributed by atoms with van der Waals surface area (Å²) < 4.78 is 5.35. The van der Waals surface area contributed by atoms with Gasteiger partial charge in [0.1, 0.15) is 23.3 Å². The van der Waals surface area contributed by atoms with Crippen molar-refractivity contribution in [2.45, 2.75) is 13.8 Å². The highest BCUT2D eigenvalue weighted by Crippen LogP contribution is 2.30. The van der Waals surface area contributed by atoms with E-state index >= 15 is 0 Å². The largest absolute Gasteiger partial charge is 0.461 e. The maximum absolute atomic E-state index is 12.2. The van der Waals surface area contributed by atoms with Gasteiger partial charge < -0.3 is 15.0 Å². The molecule has 0 saturated heterocycles. The van der Waals surface area contributed by atoms with Crippen LogP contribution in [-0.4, -0.2) is 42.1 Å². The predicted molar refractivity (Wildman–Crippen MR) is 139 cm³/mol. The molecule has 3 rings (SSSR count). The molecule has 0 aliphatic rings. The second-order valence-corrected chi connectivity index (χ2v) is 8.89. The number of halogens is 2. The molecule has 0 spiro atoms. The van der Waals surface area contributed by atoms with Crippen LogP contribution in [0.3, 0.4) is 0 Å². The van der Waals surface area contributed by atoms with Gasteiger partial charge in [-0.2, -0.15) is 5.26 Å². The number of carbonyl (C=O) groups is 1. The fourth-order valence-corrected chi connectivity index (χ4v) is 4.17. The molecule has 6 nitrogen and oxygen atoms in total. The van der Waals surface area contributed by atoms with Crippen LogP contribution in [0.5, 0.6) is 0 Å². The molecule has 0 saturated carbocycles. The van der Waals surface area contributed by atoms with Crippen LogP contribution in [0.2, 0.25) is 10.0 Å². The molecule has 0 fully saturated rings. The highest BCUT2D eigenvalue weighted by molar-refractivity contribution is 7.11. The third-order valence-electron chi connectivity index (χ3n) is 5.11. The summed E-state index contributed by atoms with van der Waals surface area (Å²) >= 11 is 13.4. The normalized spacial score (nSPS) is 11.4. The van der Waals surface area contributed by atoms with E-state index in [9.17, 15) is 10.1 Å². The molecule has 0 bridgehead atoms. The average molecular weight is 515 g/mol. The van der Waals surface area contributed by atoms with Gasteiger partial charge in [0, 0.05) is 29.4 Å². The van der Waals surface area contributed by atoms with Gasteiger partial charge in [-0.3, -0.25) is 0 Å². The quantitative estimate of drug-likeness (QED) is 0.242. The predicted octanol–water partition coefficient (Wildman–Crippen LogP) is 6.59. The lowest BCUT2D eigenvalue weighted by molar-refractivity contribution is 0.0466. The first-order chi connectivity index (χ1) is 16.4. The van der Waals surface area contributed by atoms with Crippen molar-refractivity contribution in [3.8, 4) is 17.3 Å². The molecule has 1 heterocycles. The molecular weight excluding hydrogens is 491 g/mol. The van der Waals surface area contributed by atoms with Crippen molar-refractivity contribution in [1.29, 1.82) is 5.26 Å². The van der Waals surface area contributed by atoms with Gasteiger partial charge in [-0.05, 0) is 49.5 Å². The Morgan fingerprint density at radius 1 is 1.18 bits per heavy atom. The third kappa shape index (κ3) is 6.81. The van der Waals surface area contributed by atoms with Crippen LogP contribution in [0.1, 0.15) is 29.2 Å². The maximum Gasteiger partial charge on any atom is 0.338 e. The van der Waals surface area contributed by atoms with Crippen LogP contribution in [0.15, 0.2) is 54.0 Å². The summed E-state index contributed by atoms with van der Waals surface area (Å²) in [5.41, 5.74) is 3.12. The minimum absolute atomic E-state index is 0.354. The van der Waals surface area contributed by atoms with Crippen molar-refractivity contribution in [1.82, 2.24) is 9.88 Å². The van der Waals surface area contributed by atoms with E-state index in [-0.39, 0.29) is 5.97 Å². The maximum atomic E-state index is 12.2. The Balaban J connectivity index is 1.62. The summed E-state index contributed by atoms with van der Waals surface area (Å²) in [5.74, 6) is -0.357. The van der Waals surface area contributed by atoms with Crippen molar-refractivity contribution in [2.24, 2.45) is 0 Å². The first-order valence-electron chi connectivity index (χ1n) is 10.7. The summed E-state index contributed by atoms with van der Waals surface area (Å²) in [6.07, 6.45) is 1.59. The second-order valence-electron chi connectivity index (χ2n) is 7.22. The Morgan fingerprint density at radius 2 is 1.91 bits per heavy atom. The summed E-state index contributed by atoms with van der Waals surface area (Å²) in [6.45, 7) is 7.06. The number of aromatic nitrogens is 1. The summed E-state index contributed by atoms with van der Waals surface area (Å²) in [7, 11) is 0. The average Bonchev–Trinajstić information content (AvgIpc) is 3.34. The monoisotopic (exact) mass is 514 g/mol. The first kappa shape index (κ1) is 25.7. The number of rotatable bonds is 10. The third-order valence-corrected chi connectivity index (χ3v) is 6.72. The minimum atomic E-state index is -0.357. The van der Waals surface area contributed by atoms with Gasteiger partial charge in [-0.15, -0.1) is 11.3 Å². The molecule has 2 aromatic carbocycles. The molecule has 176 valence electrons. The Morgan fingerprint density at radius 3 is 2.56 bits per heavy atom. The summed E-state index contributed by atoms with van der Waals surface area (Å²) in [5, 5.41) is 16.0. The number of nitrogens with zero attached hydrogens (tertiary/aromatic N) is 3. The Kier molecular flexibility index (Phi) is 9.49. The van der Waals surface area contributed by atoms with E-state index in [1.54, 1.807) is 42.6 Å². The molecule has 0 aliphatic heterocycles. The van der Waals surface area contributed by atoms with Crippen LogP contribution >= 0.6 is 34.5 Å². The minimum Gasteiger partial charge on any atom is -0.461 e. The lowest BCUT2D eigenvalue weighted by Crippen LogP contribution is -2.27. The molecule has 1 N–H and O–H groups in total. The zero-order valence-electron chi connectivity index (χ0n) is 18.8. The first-order valence-corrected chi connectivity index (χ1v) is 12.4. The van der Waals surface area contributed by atoms with Crippen molar-refractivity contribution in [3.63, 3.8) is 0 Å². The highest BCUT2D eigenvalue weighted by Gasteiger charge is 2.11. The van der Waals surface area contributed by atoms with Gasteiger partial charge in [-0.25, -0.2) is 9.78 Å². The van der Waals surface area contributed by atoms with E-state index in [0.717, 1.165) is 24.3 Å². The number of allylic oxidation sites excluding steroid dienone is 1. The zero-order valence-corrected chi connectivity index (χ0v) is 21.2. The smallest absolute Gasteiger partial charge is 0.338 e. The van der Waals surface area contributed by atoms with Crippen LogP contribution in [0.4, 0.5) is 5.69 Å². The number of benzene rings is 2. The van der Waals surface area contributed by atoms with E-state index in [1.165, 1.54) is 11.3 Å². The number of ether oxygens (including phenoxy) is 1. The molecule has 1 aromatic heterocycles. The number of nitriles is 1. The molecular formula is C25H24Cl2N4O2S. The molecule has 0 unspecified atom stereocenters. The Bertz CT molecular complexity index is 1200. The molecule has 0 radical (unpaired) electrons. The second kappa shape index (κ2) is 12.5. The zero-order chi connectivity index (χ0) is 24.5. The molecule has 9 heteroatoms. The van der Waals surface area contributed by atoms with Crippen LogP contribution < -0.4 is 5.32 Å². The Hall–Kier alpha value is -2.89. The molecule has 3 aromatic rings. The van der Waals surface area contributed by atoms with Crippen LogP contribution in [0.25, 0.3) is 16.8 Å². The molecule has 0 amide bonds. The fourth-order valence-electron chi connectivity index (χ4n) is 3.08. The number of hydrogen-bond acceptors (Lipinski definition) is 7. The van der Waals surface area contributed by atoms with Crippen LogP contribution in [-0.2, 0) is 4.74 Å². The number of anilines is 1. The topological polar surface area (TPSA) is 78.2 Å². The summed E-state index contributed by atoms with van der Waals surface area (Å²) in [4.78, 5) is 19.0. The van der Waals surface area contributed by atoms with E-state index in [0.29, 0.717) is 45.0 Å². The van der Waals surface area contributed by atoms with Crippen molar-refractivity contribution < 1.29 is 9.53 Å². The fraction of sp³-hybridized carbons (Fsp3) is 0.240. The van der Waals surface area contributed by atoms with Gasteiger partial charge in [0.2, 0.25) is 0 Å². The summed E-state index contributed by atoms with van der Waals surface area (Å²) in [6, 6.07) is 14.3. The number of hydrogen-bond donors (Lipinski definition) is 1. The van der Waals surface area contributed by atoms with E-state index in [4.69, 9.17) is 27.9 Å². The van der Waals surface area contributed by atoms with Crippen molar-refractivity contribution >= 4 is 51.8 Å². The van der Waals surface area contributed by atoms with Gasteiger partial charge in [-0.1, -0.05) is 43.1 Å². The van der Waals surface area contributed by atoms with Crippen molar-refractivity contribution in [3.05, 3.63) is 74.7 Å². The molecule has 0 aliphatic carbocycles. The molecule has 34 heavy (non-hydrogen) atoms. The number of nitrogens with one attached hydrogen (secondary N) is 1.